The summed E-state index contributed by atoms with van der Waals surface area (Å²) < 4.78 is 49.0. The van der Waals surface area contributed by atoms with Crippen LogP contribution in [0, 0.1) is 0 Å². The molecule has 2 aliphatic rings. The van der Waals surface area contributed by atoms with E-state index in [9.17, 15) is 41.9 Å². The number of para-hydroxylation sites is 1. The number of hydrogen-bond acceptors (Lipinski definition) is 9. The minimum atomic E-state index is -5.18. The van der Waals surface area contributed by atoms with Crippen molar-refractivity contribution in [3.63, 3.8) is 0 Å². The Hall–Kier alpha value is -5.28. The minimum absolute atomic E-state index is 0.112. The van der Waals surface area contributed by atoms with Gasteiger partial charge in [-0.05, 0) is 24.6 Å². The van der Waals surface area contributed by atoms with Crippen LogP contribution in [0.5, 0.6) is 0 Å². The number of ether oxygens (including phenoxy) is 2. The van der Waals surface area contributed by atoms with Crippen LogP contribution in [0.25, 0.3) is 22.3 Å². The maximum atomic E-state index is 13.6. The molecule has 0 saturated heterocycles. The number of aromatic nitrogens is 2. The molecule has 0 radical (unpaired) electrons. The van der Waals surface area contributed by atoms with Gasteiger partial charge in [-0.25, -0.2) is 9.78 Å². The van der Waals surface area contributed by atoms with Gasteiger partial charge in [0.15, 0.2) is 0 Å². The standard InChI is InChI=1S/C28H24F3N5O8/c1-2-27(44-22(39)11-33-20(37)9-32-21(38)10-34-25(41)28(29,30)31)17-8-19-23-15(7-14-5-3-4-6-18(14)35-23)12-36(19)24(40)16(17)13-43-26(27)42/h3-8H,2,9-13H2,1H3,(H,32,38)(H,33,37)(H,34,41)/t27-/m0/s1. The Bertz CT molecular complexity index is 1790. The van der Waals surface area contributed by atoms with E-state index in [4.69, 9.17) is 14.5 Å². The molecule has 0 fully saturated rings. The number of carbonyl (C=O) groups is 5. The number of carbonyl (C=O) groups excluding carboxylic acids is 5. The molecule has 5 rings (SSSR count). The Labute approximate surface area is 245 Å². The maximum Gasteiger partial charge on any atom is 0.471 e. The molecule has 1 aromatic carbocycles. The highest BCUT2D eigenvalue weighted by atomic mass is 19.4. The highest BCUT2D eigenvalue weighted by Crippen LogP contribution is 2.40. The molecular formula is C28H24F3N5O8. The van der Waals surface area contributed by atoms with Gasteiger partial charge >= 0.3 is 24.0 Å². The van der Waals surface area contributed by atoms with Crippen molar-refractivity contribution in [3.8, 4) is 11.4 Å². The lowest BCUT2D eigenvalue weighted by Gasteiger charge is -2.35. The second kappa shape index (κ2) is 11.4. The Morgan fingerprint density at radius 3 is 2.41 bits per heavy atom. The summed E-state index contributed by atoms with van der Waals surface area (Å²) in [6.45, 7) is -1.06. The predicted molar refractivity (Wildman–Crippen MR) is 143 cm³/mol. The molecule has 4 heterocycles. The van der Waals surface area contributed by atoms with Crippen molar-refractivity contribution < 1.29 is 46.6 Å². The normalized spacial score (nSPS) is 16.7. The lowest BCUT2D eigenvalue weighted by atomic mass is 9.85. The summed E-state index contributed by atoms with van der Waals surface area (Å²) >= 11 is 0. The Morgan fingerprint density at radius 1 is 1.02 bits per heavy atom. The van der Waals surface area contributed by atoms with Gasteiger partial charge in [0.05, 0.1) is 42.1 Å². The number of pyridine rings is 2. The molecule has 2 aromatic heterocycles. The summed E-state index contributed by atoms with van der Waals surface area (Å²) in [7, 11) is 0. The molecule has 44 heavy (non-hydrogen) atoms. The fourth-order valence-electron chi connectivity index (χ4n) is 5.05. The predicted octanol–water partition coefficient (Wildman–Crippen LogP) is 0.541. The van der Waals surface area contributed by atoms with Crippen molar-refractivity contribution >= 4 is 40.6 Å². The van der Waals surface area contributed by atoms with Gasteiger partial charge in [-0.15, -0.1) is 0 Å². The van der Waals surface area contributed by atoms with E-state index in [1.54, 1.807) is 13.0 Å². The molecule has 16 heteroatoms. The van der Waals surface area contributed by atoms with E-state index in [-0.39, 0.29) is 30.7 Å². The molecule has 3 aromatic rings. The van der Waals surface area contributed by atoms with Gasteiger partial charge in [-0.3, -0.25) is 24.0 Å². The molecule has 230 valence electrons. The molecule has 0 saturated carbocycles. The van der Waals surface area contributed by atoms with Crippen molar-refractivity contribution in [2.45, 2.75) is 38.3 Å². The highest BCUT2D eigenvalue weighted by Gasteiger charge is 2.50. The van der Waals surface area contributed by atoms with Crippen molar-refractivity contribution in [2.24, 2.45) is 0 Å². The molecule has 0 bridgehead atoms. The van der Waals surface area contributed by atoms with E-state index in [1.165, 1.54) is 9.88 Å². The van der Waals surface area contributed by atoms with Crippen LogP contribution in [0.3, 0.4) is 0 Å². The SMILES string of the molecule is CC[C@@]1(OC(=O)CNC(=O)CNC(=O)CNC(=O)C(F)(F)F)C(=O)OCc2c1cc1n(c2=O)Cc2cc3ccccc3nc2-1. The molecule has 0 aliphatic carbocycles. The summed E-state index contributed by atoms with van der Waals surface area (Å²) in [6, 6.07) is 11.0. The van der Waals surface area contributed by atoms with Gasteiger partial charge in [0.2, 0.25) is 17.4 Å². The number of halogens is 3. The zero-order valence-electron chi connectivity index (χ0n) is 23.0. The summed E-state index contributed by atoms with van der Waals surface area (Å²) in [5.41, 5.74) is 0.320. The summed E-state index contributed by atoms with van der Waals surface area (Å²) in [5, 5.41) is 6.37. The number of rotatable bonds is 8. The first-order chi connectivity index (χ1) is 20.8. The number of esters is 2. The fraction of sp³-hybridized carbons (Fsp3) is 0.321. The van der Waals surface area contributed by atoms with E-state index in [2.05, 4.69) is 5.32 Å². The number of nitrogens with one attached hydrogen (secondary N) is 3. The molecule has 0 spiro atoms. The quantitative estimate of drug-likeness (QED) is 0.239. The fourth-order valence-corrected chi connectivity index (χ4v) is 5.05. The summed E-state index contributed by atoms with van der Waals surface area (Å²) in [6.07, 6.45) is -5.29. The van der Waals surface area contributed by atoms with Gasteiger partial charge in [0.1, 0.15) is 13.2 Å². The Morgan fingerprint density at radius 2 is 1.70 bits per heavy atom. The van der Waals surface area contributed by atoms with Gasteiger partial charge < -0.3 is 30.0 Å². The van der Waals surface area contributed by atoms with E-state index in [0.717, 1.165) is 10.9 Å². The van der Waals surface area contributed by atoms with Gasteiger partial charge in [0.25, 0.3) is 5.56 Å². The zero-order chi connectivity index (χ0) is 31.8. The maximum absolute atomic E-state index is 13.6. The first kappa shape index (κ1) is 30.2. The third kappa shape index (κ3) is 5.57. The third-order valence-electron chi connectivity index (χ3n) is 7.22. The number of fused-ring (bicyclic) bond motifs is 5. The van der Waals surface area contributed by atoms with Crippen LogP contribution < -0.4 is 21.5 Å². The van der Waals surface area contributed by atoms with Crippen LogP contribution in [0.2, 0.25) is 0 Å². The number of nitrogens with zero attached hydrogens (tertiary/aromatic N) is 2. The monoisotopic (exact) mass is 615 g/mol. The second-order valence-electron chi connectivity index (χ2n) is 9.97. The van der Waals surface area contributed by atoms with Crippen LogP contribution in [0.4, 0.5) is 13.2 Å². The minimum Gasteiger partial charge on any atom is -0.457 e. The van der Waals surface area contributed by atoms with Gasteiger partial charge in [-0.1, -0.05) is 25.1 Å². The number of benzene rings is 1. The average Bonchev–Trinajstić information content (AvgIpc) is 3.35. The van der Waals surface area contributed by atoms with Crippen LogP contribution in [0.1, 0.15) is 30.0 Å². The van der Waals surface area contributed by atoms with Crippen molar-refractivity contribution in [2.75, 3.05) is 19.6 Å². The van der Waals surface area contributed by atoms with Crippen LogP contribution in [-0.2, 0) is 52.2 Å². The van der Waals surface area contributed by atoms with E-state index in [1.807, 2.05) is 35.6 Å². The number of hydrogen-bond donors (Lipinski definition) is 3. The molecule has 3 N–H and O–H groups in total. The van der Waals surface area contributed by atoms with Gasteiger partial charge in [0, 0.05) is 16.5 Å². The lowest BCUT2D eigenvalue weighted by Crippen LogP contribution is -2.49. The second-order valence-corrected chi connectivity index (χ2v) is 9.97. The Kier molecular flexibility index (Phi) is 7.84. The molecule has 0 unspecified atom stereocenters. The summed E-state index contributed by atoms with van der Waals surface area (Å²) in [4.78, 5) is 78.7. The number of alkyl halides is 3. The smallest absolute Gasteiger partial charge is 0.457 e. The van der Waals surface area contributed by atoms with Crippen LogP contribution >= 0.6 is 0 Å². The van der Waals surface area contributed by atoms with Gasteiger partial charge in [-0.2, -0.15) is 13.2 Å². The van der Waals surface area contributed by atoms with Crippen LogP contribution in [0.15, 0.2) is 41.2 Å². The summed E-state index contributed by atoms with van der Waals surface area (Å²) in [5.74, 6) is -6.31. The molecule has 13 nitrogen and oxygen atoms in total. The van der Waals surface area contributed by atoms with E-state index < -0.39 is 66.6 Å². The largest absolute Gasteiger partial charge is 0.471 e. The number of cyclic esters (lactones) is 1. The molecule has 2 aliphatic heterocycles. The molecule has 3 amide bonds. The van der Waals surface area contributed by atoms with Crippen molar-refractivity contribution in [1.29, 1.82) is 0 Å². The van der Waals surface area contributed by atoms with Crippen molar-refractivity contribution in [3.05, 3.63) is 63.4 Å². The molecular weight excluding hydrogens is 591 g/mol. The van der Waals surface area contributed by atoms with E-state index in [0.29, 0.717) is 16.9 Å². The van der Waals surface area contributed by atoms with Crippen molar-refractivity contribution in [1.82, 2.24) is 25.5 Å². The third-order valence-corrected chi connectivity index (χ3v) is 7.22. The number of amides is 3. The zero-order valence-corrected chi connectivity index (χ0v) is 23.0. The molecule has 1 atom stereocenters. The topological polar surface area (TPSA) is 175 Å². The lowest BCUT2D eigenvalue weighted by molar-refractivity contribution is -0.189. The van der Waals surface area contributed by atoms with Crippen LogP contribution in [-0.4, -0.2) is 65.0 Å². The average molecular weight is 616 g/mol. The van der Waals surface area contributed by atoms with E-state index >= 15 is 0 Å². The first-order valence-corrected chi connectivity index (χ1v) is 13.3. The highest BCUT2D eigenvalue weighted by molar-refractivity contribution is 5.92. The Balaban J connectivity index is 1.30. The first-order valence-electron chi connectivity index (χ1n) is 13.3.